The van der Waals surface area contributed by atoms with Gasteiger partial charge < -0.3 is 10.5 Å². The molecule has 1 aromatic heterocycles. The zero-order chi connectivity index (χ0) is 10.6. The number of esters is 1. The maximum atomic E-state index is 11.2. The van der Waals surface area contributed by atoms with Crippen molar-refractivity contribution in [1.82, 2.24) is 0 Å². The van der Waals surface area contributed by atoms with E-state index in [4.69, 9.17) is 10.5 Å². The average Bonchev–Trinajstić information content (AvgIpc) is 2.56. The second-order valence-corrected chi connectivity index (χ2v) is 3.82. The highest BCUT2D eigenvalue weighted by molar-refractivity contribution is 7.10. The number of carbonyl (C=O) groups is 2. The van der Waals surface area contributed by atoms with E-state index in [9.17, 15) is 9.59 Å². The number of ether oxygens (including phenoxy) is 1. The highest BCUT2D eigenvalue weighted by Crippen LogP contribution is 2.10. The van der Waals surface area contributed by atoms with Gasteiger partial charge in [-0.25, -0.2) is 0 Å². The molecule has 1 amide bonds. The quantitative estimate of drug-likeness (QED) is 0.749. The van der Waals surface area contributed by atoms with Gasteiger partial charge in [-0.3, -0.25) is 9.59 Å². The molecule has 0 unspecified atom stereocenters. The Labute approximate surface area is 85.7 Å². The first-order chi connectivity index (χ1) is 6.59. The molecule has 1 rings (SSSR count). The van der Waals surface area contributed by atoms with E-state index in [1.165, 1.54) is 18.3 Å². The summed E-state index contributed by atoms with van der Waals surface area (Å²) >= 11 is 1.47. The van der Waals surface area contributed by atoms with Crippen LogP contribution in [0.5, 0.6) is 0 Å². The number of primary amides is 1. The number of amides is 1. The molecule has 0 aliphatic rings. The van der Waals surface area contributed by atoms with Crippen molar-refractivity contribution in [2.45, 2.75) is 19.4 Å². The van der Waals surface area contributed by atoms with E-state index < -0.39 is 18.0 Å². The van der Waals surface area contributed by atoms with Crippen LogP contribution in [0.3, 0.4) is 0 Å². The van der Waals surface area contributed by atoms with E-state index in [1.807, 2.05) is 17.5 Å². The van der Waals surface area contributed by atoms with E-state index in [0.29, 0.717) is 0 Å². The number of rotatable bonds is 4. The highest BCUT2D eigenvalue weighted by Gasteiger charge is 2.14. The van der Waals surface area contributed by atoms with E-state index >= 15 is 0 Å². The predicted molar refractivity (Wildman–Crippen MR) is 52.8 cm³/mol. The predicted octanol–water partition coefficient (Wildman–Crippen LogP) is 0.708. The number of thiophene rings is 1. The van der Waals surface area contributed by atoms with Crippen molar-refractivity contribution in [2.75, 3.05) is 0 Å². The Kier molecular flexibility index (Phi) is 3.64. The molecule has 0 spiro atoms. The zero-order valence-corrected chi connectivity index (χ0v) is 8.54. The van der Waals surface area contributed by atoms with Crippen molar-refractivity contribution in [3.63, 3.8) is 0 Å². The van der Waals surface area contributed by atoms with E-state index in [-0.39, 0.29) is 6.42 Å². The molecule has 0 aromatic carbocycles. The maximum Gasteiger partial charge on any atom is 0.311 e. The maximum absolute atomic E-state index is 11.2. The molecule has 0 bridgehead atoms. The fourth-order valence-corrected chi connectivity index (χ4v) is 1.54. The summed E-state index contributed by atoms with van der Waals surface area (Å²) in [6, 6.07) is 3.69. The largest absolute Gasteiger partial charge is 0.452 e. The summed E-state index contributed by atoms with van der Waals surface area (Å²) in [5.74, 6) is -1.07. The Morgan fingerprint density at radius 1 is 1.64 bits per heavy atom. The monoisotopic (exact) mass is 213 g/mol. The molecule has 0 saturated carbocycles. The molecule has 5 heteroatoms. The standard InChI is InChI=1S/C9H11NO3S/c1-6(9(10)12)13-8(11)5-7-3-2-4-14-7/h2-4,6H,5H2,1H3,(H2,10,12)/t6-/m1/s1. The SMILES string of the molecule is C[C@@H](OC(=O)Cc1cccs1)C(N)=O. The summed E-state index contributed by atoms with van der Waals surface area (Å²) in [5.41, 5.74) is 4.94. The van der Waals surface area contributed by atoms with Crippen LogP contribution in [0.4, 0.5) is 0 Å². The number of nitrogens with two attached hydrogens (primary N) is 1. The van der Waals surface area contributed by atoms with Crippen LogP contribution in [0.2, 0.25) is 0 Å². The molecular formula is C9H11NO3S. The molecule has 14 heavy (non-hydrogen) atoms. The summed E-state index contributed by atoms with van der Waals surface area (Å²) in [4.78, 5) is 22.7. The first kappa shape index (κ1) is 10.7. The van der Waals surface area contributed by atoms with Gasteiger partial charge in [0.25, 0.3) is 5.91 Å². The third-order valence-corrected chi connectivity index (χ3v) is 2.48. The van der Waals surface area contributed by atoms with Gasteiger partial charge in [-0.1, -0.05) is 6.07 Å². The number of carbonyl (C=O) groups excluding carboxylic acids is 2. The topological polar surface area (TPSA) is 69.4 Å². The van der Waals surface area contributed by atoms with Crippen molar-refractivity contribution in [1.29, 1.82) is 0 Å². The Hall–Kier alpha value is -1.36. The lowest BCUT2D eigenvalue weighted by Gasteiger charge is -2.08. The first-order valence-electron chi connectivity index (χ1n) is 4.11. The van der Waals surface area contributed by atoms with Gasteiger partial charge in [0.05, 0.1) is 6.42 Å². The molecule has 0 radical (unpaired) electrons. The van der Waals surface area contributed by atoms with Gasteiger partial charge in [0.1, 0.15) is 0 Å². The third kappa shape index (κ3) is 3.18. The second kappa shape index (κ2) is 4.76. The van der Waals surface area contributed by atoms with E-state index in [1.54, 1.807) is 0 Å². The van der Waals surface area contributed by atoms with Crippen LogP contribution in [0.25, 0.3) is 0 Å². The molecule has 1 aromatic rings. The van der Waals surface area contributed by atoms with Crippen molar-refractivity contribution in [3.05, 3.63) is 22.4 Å². The molecule has 0 aliphatic heterocycles. The molecule has 0 fully saturated rings. The van der Waals surface area contributed by atoms with Crippen molar-refractivity contribution in [3.8, 4) is 0 Å². The van der Waals surface area contributed by atoms with Gasteiger partial charge in [-0.05, 0) is 18.4 Å². The van der Waals surface area contributed by atoms with Crippen LogP contribution in [0.1, 0.15) is 11.8 Å². The lowest BCUT2D eigenvalue weighted by atomic mass is 10.3. The summed E-state index contributed by atoms with van der Waals surface area (Å²) in [5, 5.41) is 1.88. The molecule has 0 saturated heterocycles. The minimum Gasteiger partial charge on any atom is -0.452 e. The minimum atomic E-state index is -0.859. The first-order valence-corrected chi connectivity index (χ1v) is 4.98. The molecule has 0 aliphatic carbocycles. The Morgan fingerprint density at radius 2 is 2.36 bits per heavy atom. The minimum absolute atomic E-state index is 0.190. The lowest BCUT2D eigenvalue weighted by Crippen LogP contribution is -2.30. The van der Waals surface area contributed by atoms with Gasteiger partial charge in [0.15, 0.2) is 6.10 Å². The summed E-state index contributed by atoms with van der Waals surface area (Å²) in [6.45, 7) is 1.45. The Bertz CT molecular complexity index is 321. The summed E-state index contributed by atoms with van der Waals surface area (Å²) < 4.78 is 4.78. The van der Waals surface area contributed by atoms with Gasteiger partial charge >= 0.3 is 5.97 Å². The molecule has 1 heterocycles. The fraction of sp³-hybridized carbons (Fsp3) is 0.333. The van der Waals surface area contributed by atoms with Crippen LogP contribution < -0.4 is 5.73 Å². The van der Waals surface area contributed by atoms with Crippen molar-refractivity contribution >= 4 is 23.2 Å². The number of hydrogen-bond acceptors (Lipinski definition) is 4. The smallest absolute Gasteiger partial charge is 0.311 e. The highest BCUT2D eigenvalue weighted by atomic mass is 32.1. The van der Waals surface area contributed by atoms with Gasteiger partial charge in [-0.2, -0.15) is 0 Å². The van der Waals surface area contributed by atoms with Crippen LogP contribution in [-0.4, -0.2) is 18.0 Å². The normalized spacial score (nSPS) is 12.1. The second-order valence-electron chi connectivity index (χ2n) is 2.79. The molecular weight excluding hydrogens is 202 g/mol. The van der Waals surface area contributed by atoms with E-state index in [0.717, 1.165) is 4.88 Å². The van der Waals surface area contributed by atoms with Crippen LogP contribution >= 0.6 is 11.3 Å². The van der Waals surface area contributed by atoms with Crippen molar-refractivity contribution < 1.29 is 14.3 Å². The van der Waals surface area contributed by atoms with Crippen LogP contribution in [0, 0.1) is 0 Å². The molecule has 4 nitrogen and oxygen atoms in total. The average molecular weight is 213 g/mol. The Morgan fingerprint density at radius 3 is 2.86 bits per heavy atom. The zero-order valence-electron chi connectivity index (χ0n) is 7.73. The Balaban J connectivity index is 2.40. The molecule has 2 N–H and O–H groups in total. The van der Waals surface area contributed by atoms with Gasteiger partial charge in [-0.15, -0.1) is 11.3 Å². The fourth-order valence-electron chi connectivity index (χ4n) is 0.852. The summed E-state index contributed by atoms with van der Waals surface area (Å²) in [6.07, 6.45) is -0.669. The van der Waals surface area contributed by atoms with Crippen molar-refractivity contribution in [2.24, 2.45) is 5.73 Å². The van der Waals surface area contributed by atoms with Gasteiger partial charge in [0, 0.05) is 4.88 Å². The lowest BCUT2D eigenvalue weighted by molar-refractivity contribution is -0.153. The molecule has 76 valence electrons. The van der Waals surface area contributed by atoms with Crippen LogP contribution in [-0.2, 0) is 20.7 Å². The van der Waals surface area contributed by atoms with E-state index in [2.05, 4.69) is 0 Å². The van der Waals surface area contributed by atoms with Crippen LogP contribution in [0.15, 0.2) is 17.5 Å². The van der Waals surface area contributed by atoms with Gasteiger partial charge in [0.2, 0.25) is 0 Å². The number of hydrogen-bond donors (Lipinski definition) is 1. The summed E-state index contributed by atoms with van der Waals surface area (Å²) in [7, 11) is 0. The third-order valence-electron chi connectivity index (χ3n) is 1.61. The molecule has 1 atom stereocenters.